The molecular weight excluding hydrogens is 435 g/mol. The first-order chi connectivity index (χ1) is 15.7. The molecule has 1 aliphatic rings. The van der Waals surface area contributed by atoms with Crippen molar-refractivity contribution in [3.8, 4) is 0 Å². The molecule has 0 unspecified atom stereocenters. The third-order valence-corrected chi connectivity index (χ3v) is 6.07. The molecule has 1 N–H and O–H groups in total. The number of aryl methyl sites for hydroxylation is 1. The number of esters is 1. The number of ether oxygens (including phenoxy) is 1. The second kappa shape index (κ2) is 8.90. The van der Waals surface area contributed by atoms with Crippen molar-refractivity contribution in [3.05, 3.63) is 75.1 Å². The molecule has 1 aliphatic heterocycles. The van der Waals surface area contributed by atoms with Crippen LogP contribution in [0.15, 0.2) is 47.4 Å². The molecule has 4 rings (SSSR count). The van der Waals surface area contributed by atoms with E-state index in [9.17, 15) is 22.8 Å². The zero-order chi connectivity index (χ0) is 23.8. The highest BCUT2D eigenvalue weighted by molar-refractivity contribution is 5.93. The monoisotopic (exact) mass is 459 g/mol. The van der Waals surface area contributed by atoms with Gasteiger partial charge in [-0.3, -0.25) is 9.69 Å². The first-order valence-electron chi connectivity index (χ1n) is 10.5. The number of H-pyrrole nitrogens is 1. The summed E-state index contributed by atoms with van der Waals surface area (Å²) in [6.45, 7) is 5.54. The topological polar surface area (TPSA) is 65.6 Å². The van der Waals surface area contributed by atoms with Gasteiger partial charge in [0, 0.05) is 55.5 Å². The Morgan fingerprint density at radius 3 is 2.36 bits per heavy atom. The average Bonchev–Trinajstić information content (AvgIpc) is 2.80. The van der Waals surface area contributed by atoms with Crippen LogP contribution in [0.2, 0.25) is 0 Å². The van der Waals surface area contributed by atoms with Crippen LogP contribution in [-0.2, 0) is 17.5 Å². The Bertz CT molecular complexity index is 1230. The van der Waals surface area contributed by atoms with Gasteiger partial charge in [0.05, 0.1) is 12.7 Å². The van der Waals surface area contributed by atoms with E-state index >= 15 is 0 Å². The molecule has 0 radical (unpaired) electrons. The molecule has 0 saturated carbocycles. The number of carbonyl (C=O) groups is 1. The number of nitrogens with zero attached hydrogens (tertiary/aromatic N) is 2. The number of hydrogen-bond acceptors (Lipinski definition) is 5. The highest BCUT2D eigenvalue weighted by Gasteiger charge is 2.30. The van der Waals surface area contributed by atoms with E-state index in [2.05, 4.69) is 19.5 Å². The highest BCUT2D eigenvalue weighted by Crippen LogP contribution is 2.31. The summed E-state index contributed by atoms with van der Waals surface area (Å²) in [5.41, 5.74) is 2.40. The largest absolute Gasteiger partial charge is 0.465 e. The van der Waals surface area contributed by atoms with Crippen LogP contribution in [0.1, 0.15) is 27.0 Å². The fraction of sp³-hybridized carbons (Fsp3) is 0.333. The van der Waals surface area contributed by atoms with Crippen molar-refractivity contribution >= 4 is 22.6 Å². The number of anilines is 1. The van der Waals surface area contributed by atoms with Gasteiger partial charge in [-0.05, 0) is 54.4 Å². The summed E-state index contributed by atoms with van der Waals surface area (Å²) in [6, 6.07) is 8.98. The average molecular weight is 459 g/mol. The van der Waals surface area contributed by atoms with Crippen LogP contribution >= 0.6 is 0 Å². The number of nitrogens with one attached hydrogen (secondary N) is 1. The Balaban J connectivity index is 1.45. The van der Waals surface area contributed by atoms with Gasteiger partial charge in [0.1, 0.15) is 5.56 Å². The second-order valence-corrected chi connectivity index (χ2v) is 8.16. The summed E-state index contributed by atoms with van der Waals surface area (Å²) < 4.78 is 43.0. The molecule has 33 heavy (non-hydrogen) atoms. The third-order valence-electron chi connectivity index (χ3n) is 6.07. The first-order valence-corrected chi connectivity index (χ1v) is 10.5. The fourth-order valence-electron chi connectivity index (χ4n) is 4.12. The predicted molar refractivity (Wildman–Crippen MR) is 120 cm³/mol. The Hall–Kier alpha value is -3.33. The highest BCUT2D eigenvalue weighted by atomic mass is 19.4. The van der Waals surface area contributed by atoms with Gasteiger partial charge in [-0.15, -0.1) is 0 Å². The number of rotatable bonds is 4. The molecule has 0 atom stereocenters. The molecule has 0 amide bonds. The molecule has 0 bridgehead atoms. The predicted octanol–water partition coefficient (Wildman–Crippen LogP) is 3.96. The van der Waals surface area contributed by atoms with Gasteiger partial charge >= 0.3 is 12.1 Å². The number of fused-ring (bicyclic) bond motifs is 1. The number of carbonyl (C=O) groups excluding carboxylic acids is 1. The molecular formula is C24H24F3N3O3. The number of benzene rings is 2. The molecule has 3 aromatic rings. The smallest absolute Gasteiger partial charge is 0.416 e. The summed E-state index contributed by atoms with van der Waals surface area (Å²) in [5, 5.41) is 0.436. The van der Waals surface area contributed by atoms with Gasteiger partial charge in [-0.25, -0.2) is 4.79 Å². The minimum absolute atomic E-state index is 0.0310. The molecule has 2 heterocycles. The zero-order valence-electron chi connectivity index (χ0n) is 18.3. The van der Waals surface area contributed by atoms with Crippen molar-refractivity contribution < 1.29 is 22.7 Å². The van der Waals surface area contributed by atoms with E-state index < -0.39 is 17.7 Å². The van der Waals surface area contributed by atoms with E-state index in [0.29, 0.717) is 30.5 Å². The first kappa shape index (κ1) is 22.8. The van der Waals surface area contributed by atoms with Crippen LogP contribution in [0, 0.1) is 6.92 Å². The summed E-state index contributed by atoms with van der Waals surface area (Å²) >= 11 is 0. The van der Waals surface area contributed by atoms with Crippen molar-refractivity contribution in [2.75, 3.05) is 38.2 Å². The summed E-state index contributed by atoms with van der Waals surface area (Å²) in [5.74, 6) is -0.675. The maximum Gasteiger partial charge on any atom is 0.416 e. The molecule has 6 nitrogen and oxygen atoms in total. The number of aromatic nitrogens is 1. The standard InChI is InChI=1S/C24H24F3N3O3/c1-15-11-19-21(28-13-20(22(19)31)23(32)33-2)12-16(15)14-29-7-9-30(10-8-29)18-5-3-17(4-6-18)24(25,26)27/h3-6,11-13H,7-10,14H2,1-2H3,(H,28,31). The van der Waals surface area contributed by atoms with E-state index in [0.717, 1.165) is 42.0 Å². The van der Waals surface area contributed by atoms with Gasteiger partial charge < -0.3 is 14.6 Å². The lowest BCUT2D eigenvalue weighted by molar-refractivity contribution is -0.137. The van der Waals surface area contributed by atoms with Crippen LogP contribution in [0.4, 0.5) is 18.9 Å². The molecule has 1 aromatic heterocycles. The number of piperazine rings is 1. The lowest BCUT2D eigenvalue weighted by Gasteiger charge is -2.36. The number of methoxy groups -OCH3 is 1. The fourth-order valence-corrected chi connectivity index (χ4v) is 4.12. The number of halogens is 3. The molecule has 0 aliphatic carbocycles. The molecule has 9 heteroatoms. The molecule has 1 saturated heterocycles. The number of aromatic amines is 1. The number of alkyl halides is 3. The summed E-state index contributed by atoms with van der Waals surface area (Å²) in [7, 11) is 1.23. The van der Waals surface area contributed by atoms with Crippen LogP contribution in [0.25, 0.3) is 10.9 Å². The molecule has 174 valence electrons. The molecule has 1 fully saturated rings. The van der Waals surface area contributed by atoms with Crippen LogP contribution in [0.5, 0.6) is 0 Å². The lowest BCUT2D eigenvalue weighted by atomic mass is 10.0. The summed E-state index contributed by atoms with van der Waals surface area (Å²) in [6.07, 6.45) is -2.96. The zero-order valence-corrected chi connectivity index (χ0v) is 18.3. The SMILES string of the molecule is COC(=O)c1c[nH]c2cc(CN3CCN(c4ccc(C(F)(F)F)cc4)CC3)c(C)cc2c1=O. The van der Waals surface area contributed by atoms with Gasteiger partial charge in [0.25, 0.3) is 0 Å². The van der Waals surface area contributed by atoms with Crippen molar-refractivity contribution in [3.63, 3.8) is 0 Å². The van der Waals surface area contributed by atoms with E-state index in [-0.39, 0.29) is 11.0 Å². The molecule has 0 spiro atoms. The van der Waals surface area contributed by atoms with Gasteiger partial charge in [-0.2, -0.15) is 13.2 Å². The van der Waals surface area contributed by atoms with E-state index in [1.165, 1.54) is 25.4 Å². The van der Waals surface area contributed by atoms with E-state index in [4.69, 9.17) is 0 Å². The van der Waals surface area contributed by atoms with Crippen LogP contribution in [-0.4, -0.2) is 49.1 Å². The van der Waals surface area contributed by atoms with Gasteiger partial charge in [-0.1, -0.05) is 0 Å². The Labute approximate surface area is 188 Å². The van der Waals surface area contributed by atoms with Crippen molar-refractivity contribution in [2.45, 2.75) is 19.6 Å². The van der Waals surface area contributed by atoms with Gasteiger partial charge in [0.15, 0.2) is 0 Å². The summed E-state index contributed by atoms with van der Waals surface area (Å²) in [4.78, 5) is 31.8. The lowest BCUT2D eigenvalue weighted by Crippen LogP contribution is -2.46. The van der Waals surface area contributed by atoms with E-state index in [1.807, 2.05) is 13.0 Å². The normalized spacial score (nSPS) is 15.1. The Morgan fingerprint density at radius 1 is 1.09 bits per heavy atom. The second-order valence-electron chi connectivity index (χ2n) is 8.16. The Kier molecular flexibility index (Phi) is 6.16. The third kappa shape index (κ3) is 4.73. The van der Waals surface area contributed by atoms with Gasteiger partial charge in [0.2, 0.25) is 5.43 Å². The molecule has 2 aromatic carbocycles. The van der Waals surface area contributed by atoms with Crippen molar-refractivity contribution in [1.82, 2.24) is 9.88 Å². The maximum absolute atomic E-state index is 12.8. The van der Waals surface area contributed by atoms with Crippen molar-refractivity contribution in [1.29, 1.82) is 0 Å². The van der Waals surface area contributed by atoms with E-state index in [1.54, 1.807) is 6.07 Å². The maximum atomic E-state index is 12.8. The van der Waals surface area contributed by atoms with Crippen molar-refractivity contribution in [2.24, 2.45) is 0 Å². The minimum atomic E-state index is -4.33. The Morgan fingerprint density at radius 2 is 1.76 bits per heavy atom. The quantitative estimate of drug-likeness (QED) is 0.599. The number of hydrogen-bond donors (Lipinski definition) is 1. The minimum Gasteiger partial charge on any atom is -0.465 e. The number of pyridine rings is 1. The van der Waals surface area contributed by atoms with Crippen LogP contribution < -0.4 is 10.3 Å². The van der Waals surface area contributed by atoms with Crippen LogP contribution in [0.3, 0.4) is 0 Å².